The van der Waals surface area contributed by atoms with Gasteiger partial charge in [-0.15, -0.1) is 0 Å². The molecule has 104 valence electrons. The van der Waals surface area contributed by atoms with Gasteiger partial charge in [0.15, 0.2) is 11.6 Å². The van der Waals surface area contributed by atoms with E-state index in [0.717, 1.165) is 31.7 Å². The van der Waals surface area contributed by atoms with Crippen LogP contribution in [0.2, 0.25) is 0 Å². The van der Waals surface area contributed by atoms with E-state index >= 15 is 0 Å². The maximum Gasteiger partial charge on any atom is 0.210 e. The first-order chi connectivity index (χ1) is 9.20. The van der Waals surface area contributed by atoms with Crippen molar-refractivity contribution in [3.8, 4) is 0 Å². The van der Waals surface area contributed by atoms with Gasteiger partial charge in [-0.1, -0.05) is 25.3 Å². The lowest BCUT2D eigenvalue weighted by atomic mass is 9.96. The summed E-state index contributed by atoms with van der Waals surface area (Å²) in [7, 11) is 0. The number of rotatable bonds is 2. The molecule has 0 aliphatic heterocycles. The minimum absolute atomic E-state index is 0.0208. The fourth-order valence-corrected chi connectivity index (χ4v) is 2.23. The van der Waals surface area contributed by atoms with Crippen molar-refractivity contribution in [2.24, 2.45) is 10.8 Å². The average Bonchev–Trinajstić information content (AvgIpc) is 2.44. The van der Waals surface area contributed by atoms with Crippen LogP contribution in [0.4, 0.5) is 14.5 Å². The zero-order valence-corrected chi connectivity index (χ0v) is 10.6. The Kier molecular flexibility index (Phi) is 4.68. The fraction of sp³-hybridized carbons (Fsp3) is 0.462. The quantitative estimate of drug-likeness (QED) is 0.334. The van der Waals surface area contributed by atoms with Gasteiger partial charge in [-0.2, -0.15) is 0 Å². The number of anilines is 1. The number of benzene rings is 1. The summed E-state index contributed by atoms with van der Waals surface area (Å²) in [5.41, 5.74) is 2.42. The number of hydrazine groups is 1. The molecule has 19 heavy (non-hydrogen) atoms. The number of hydrogen-bond donors (Lipinski definition) is 3. The van der Waals surface area contributed by atoms with Crippen molar-refractivity contribution in [1.29, 1.82) is 0 Å². The van der Waals surface area contributed by atoms with Crippen LogP contribution in [0.3, 0.4) is 0 Å². The molecular weight excluding hydrogens is 250 g/mol. The molecule has 1 aliphatic carbocycles. The number of hydrogen-bond acceptors (Lipinski definition) is 2. The summed E-state index contributed by atoms with van der Waals surface area (Å²) in [6.07, 6.45) is 5.50. The van der Waals surface area contributed by atoms with Gasteiger partial charge in [0.1, 0.15) is 0 Å². The maximum absolute atomic E-state index is 13.5. The Bertz CT molecular complexity index is 456. The molecule has 4 N–H and O–H groups in total. The Morgan fingerprint density at radius 3 is 2.63 bits per heavy atom. The Morgan fingerprint density at radius 1 is 1.21 bits per heavy atom. The van der Waals surface area contributed by atoms with Crippen LogP contribution in [0.5, 0.6) is 0 Å². The van der Waals surface area contributed by atoms with E-state index in [1.54, 1.807) is 0 Å². The average molecular weight is 268 g/mol. The van der Waals surface area contributed by atoms with Gasteiger partial charge >= 0.3 is 0 Å². The zero-order chi connectivity index (χ0) is 13.7. The molecule has 0 radical (unpaired) electrons. The fourth-order valence-electron chi connectivity index (χ4n) is 2.23. The van der Waals surface area contributed by atoms with Gasteiger partial charge in [-0.3, -0.25) is 5.43 Å². The molecule has 0 aromatic heterocycles. The first-order valence-corrected chi connectivity index (χ1v) is 6.46. The number of aliphatic imine (C=N–C) groups is 1. The van der Waals surface area contributed by atoms with Crippen molar-refractivity contribution >= 4 is 11.6 Å². The number of nitrogens with one attached hydrogen (secondary N) is 2. The van der Waals surface area contributed by atoms with E-state index in [4.69, 9.17) is 5.84 Å². The van der Waals surface area contributed by atoms with E-state index < -0.39 is 11.6 Å². The summed E-state index contributed by atoms with van der Waals surface area (Å²) in [5.74, 6) is 3.79. The van der Waals surface area contributed by atoms with Gasteiger partial charge in [0, 0.05) is 0 Å². The van der Waals surface area contributed by atoms with E-state index in [9.17, 15) is 8.78 Å². The third-order valence-electron chi connectivity index (χ3n) is 3.23. The van der Waals surface area contributed by atoms with Gasteiger partial charge in [0.25, 0.3) is 0 Å². The van der Waals surface area contributed by atoms with Gasteiger partial charge < -0.3 is 5.32 Å². The van der Waals surface area contributed by atoms with Gasteiger partial charge in [-0.25, -0.2) is 19.6 Å². The minimum Gasteiger partial charge on any atom is -0.323 e. The lowest BCUT2D eigenvalue weighted by Crippen LogP contribution is -2.37. The molecule has 0 unspecified atom stereocenters. The summed E-state index contributed by atoms with van der Waals surface area (Å²) >= 11 is 0. The van der Waals surface area contributed by atoms with E-state index in [2.05, 4.69) is 15.7 Å². The van der Waals surface area contributed by atoms with Crippen molar-refractivity contribution in [1.82, 2.24) is 5.43 Å². The molecule has 1 aromatic rings. The summed E-state index contributed by atoms with van der Waals surface area (Å²) in [6, 6.07) is 4.11. The summed E-state index contributed by atoms with van der Waals surface area (Å²) < 4.78 is 26.6. The first-order valence-electron chi connectivity index (χ1n) is 6.46. The normalized spacial score (nSPS) is 17.3. The van der Waals surface area contributed by atoms with Crippen molar-refractivity contribution in [2.75, 3.05) is 5.32 Å². The summed E-state index contributed by atoms with van der Waals surface area (Å²) in [4.78, 5) is 4.40. The smallest absolute Gasteiger partial charge is 0.210 e. The van der Waals surface area contributed by atoms with E-state index in [1.165, 1.54) is 18.6 Å². The molecule has 1 fully saturated rings. The standard InChI is InChI=1S/C13H18F2N4/c14-10-7-4-8-11(12(10)15)18-13(19-16)17-9-5-2-1-3-6-9/h4,7-9H,1-3,5-6,16H2,(H2,17,18,19). The highest BCUT2D eigenvalue weighted by molar-refractivity contribution is 5.93. The number of halogens is 2. The van der Waals surface area contributed by atoms with Gasteiger partial charge in [0.05, 0.1) is 11.7 Å². The zero-order valence-electron chi connectivity index (χ0n) is 10.6. The summed E-state index contributed by atoms with van der Waals surface area (Å²) in [6.45, 7) is 0. The molecule has 1 saturated carbocycles. The predicted molar refractivity (Wildman–Crippen MR) is 71.6 cm³/mol. The maximum atomic E-state index is 13.5. The van der Waals surface area contributed by atoms with Crippen molar-refractivity contribution in [3.05, 3.63) is 29.8 Å². The largest absolute Gasteiger partial charge is 0.323 e. The van der Waals surface area contributed by atoms with Crippen LogP contribution in [0.1, 0.15) is 32.1 Å². The monoisotopic (exact) mass is 268 g/mol. The van der Waals surface area contributed by atoms with Crippen molar-refractivity contribution in [3.63, 3.8) is 0 Å². The topological polar surface area (TPSA) is 62.4 Å². The van der Waals surface area contributed by atoms with Crippen LogP contribution >= 0.6 is 0 Å². The molecule has 1 aliphatic rings. The van der Waals surface area contributed by atoms with Crippen molar-refractivity contribution < 1.29 is 8.78 Å². The molecule has 6 heteroatoms. The predicted octanol–water partition coefficient (Wildman–Crippen LogP) is 2.53. The molecule has 4 nitrogen and oxygen atoms in total. The van der Waals surface area contributed by atoms with Crippen LogP contribution in [-0.4, -0.2) is 12.0 Å². The summed E-state index contributed by atoms with van der Waals surface area (Å²) in [5, 5.41) is 2.68. The molecule has 0 bridgehead atoms. The van der Waals surface area contributed by atoms with E-state index in [0.29, 0.717) is 0 Å². The highest BCUT2D eigenvalue weighted by atomic mass is 19.2. The third kappa shape index (κ3) is 3.64. The lowest BCUT2D eigenvalue weighted by molar-refractivity contribution is 0.442. The van der Waals surface area contributed by atoms with Gasteiger partial charge in [0.2, 0.25) is 5.96 Å². The van der Waals surface area contributed by atoms with E-state index in [-0.39, 0.29) is 17.7 Å². The SMILES string of the molecule is NNC(=NC1CCCCC1)Nc1cccc(F)c1F. The second-order valence-corrected chi connectivity index (χ2v) is 4.64. The second kappa shape index (κ2) is 6.47. The van der Waals surface area contributed by atoms with Crippen LogP contribution < -0.4 is 16.6 Å². The lowest BCUT2D eigenvalue weighted by Gasteiger charge is -2.19. The number of guanidine groups is 1. The molecular formula is C13H18F2N4. The molecule has 0 amide bonds. The third-order valence-corrected chi connectivity index (χ3v) is 3.23. The second-order valence-electron chi connectivity index (χ2n) is 4.64. The molecule has 0 heterocycles. The van der Waals surface area contributed by atoms with E-state index in [1.807, 2.05) is 0 Å². The minimum atomic E-state index is -0.936. The Hall–Kier alpha value is -1.69. The molecule has 0 saturated heterocycles. The first kappa shape index (κ1) is 13.7. The van der Waals surface area contributed by atoms with Crippen LogP contribution in [0, 0.1) is 11.6 Å². The number of nitrogens with zero attached hydrogens (tertiary/aromatic N) is 1. The van der Waals surface area contributed by atoms with Crippen LogP contribution in [0.15, 0.2) is 23.2 Å². The molecule has 1 aromatic carbocycles. The number of nitrogens with two attached hydrogens (primary N) is 1. The van der Waals surface area contributed by atoms with Crippen LogP contribution in [0.25, 0.3) is 0 Å². The van der Waals surface area contributed by atoms with Crippen LogP contribution in [-0.2, 0) is 0 Å². The molecule has 2 rings (SSSR count). The van der Waals surface area contributed by atoms with Gasteiger partial charge in [-0.05, 0) is 25.0 Å². The Balaban J connectivity index is 2.09. The highest BCUT2D eigenvalue weighted by Gasteiger charge is 2.14. The Morgan fingerprint density at radius 2 is 1.95 bits per heavy atom. The van der Waals surface area contributed by atoms with Crippen molar-refractivity contribution in [2.45, 2.75) is 38.1 Å². The highest BCUT2D eigenvalue weighted by Crippen LogP contribution is 2.21. The molecule has 0 spiro atoms. The Labute approximate surface area is 111 Å². The molecule has 0 atom stereocenters.